The molecule has 0 saturated heterocycles. The molecule has 1 N–H and O–H groups in total. The lowest BCUT2D eigenvalue weighted by molar-refractivity contribution is -0.111. The molecular weight excluding hydrogens is 186 g/mol. The van der Waals surface area contributed by atoms with Crippen LogP contribution < -0.4 is 0 Å². The molecule has 0 radical (unpaired) electrons. The molecule has 1 aromatic heterocycles. The van der Waals surface area contributed by atoms with E-state index in [1.807, 2.05) is 0 Å². The highest BCUT2D eigenvalue weighted by Crippen LogP contribution is 2.46. The van der Waals surface area contributed by atoms with Crippen LogP contribution in [0.2, 0.25) is 0 Å². The highest BCUT2D eigenvalue weighted by molar-refractivity contribution is 5.30. The maximum absolute atomic E-state index is 13.7. The number of hydrogen-bond acceptors (Lipinski definition) is 1. The first-order chi connectivity index (χ1) is 6.33. The van der Waals surface area contributed by atoms with Gasteiger partial charge in [-0.05, 0) is 6.92 Å². The van der Waals surface area contributed by atoms with Gasteiger partial charge in [-0.25, -0.2) is 8.78 Å². The standard InChI is InChI=1S/C10H14F2N2/c1-6-7-4-10(11,12)9(2,3)5-8(7)14-13-6/h4-5H2,1-3H3,(H,13,14). The van der Waals surface area contributed by atoms with Gasteiger partial charge < -0.3 is 0 Å². The van der Waals surface area contributed by atoms with Gasteiger partial charge >= 0.3 is 0 Å². The monoisotopic (exact) mass is 200 g/mol. The minimum Gasteiger partial charge on any atom is -0.282 e. The Bertz CT molecular complexity index is 366. The summed E-state index contributed by atoms with van der Waals surface area (Å²) in [6, 6.07) is 0. The number of fused-ring (bicyclic) bond motifs is 1. The van der Waals surface area contributed by atoms with E-state index in [4.69, 9.17) is 0 Å². The molecule has 0 aromatic carbocycles. The number of rotatable bonds is 0. The van der Waals surface area contributed by atoms with Crippen molar-refractivity contribution in [3.63, 3.8) is 0 Å². The Labute approximate surface area is 81.7 Å². The normalized spacial score (nSPS) is 23.2. The van der Waals surface area contributed by atoms with Crippen molar-refractivity contribution in [2.24, 2.45) is 5.41 Å². The Balaban J connectivity index is 2.48. The SMILES string of the molecule is Cc1[nH]nc2c1CC(F)(F)C(C)(C)C2. The molecule has 4 heteroatoms. The summed E-state index contributed by atoms with van der Waals surface area (Å²) in [6.45, 7) is 4.99. The molecule has 2 rings (SSSR count). The first-order valence-corrected chi connectivity index (χ1v) is 4.74. The van der Waals surface area contributed by atoms with Crippen LogP contribution in [0.15, 0.2) is 0 Å². The zero-order valence-electron chi connectivity index (χ0n) is 8.62. The van der Waals surface area contributed by atoms with Crippen LogP contribution in [0, 0.1) is 12.3 Å². The predicted molar refractivity (Wildman–Crippen MR) is 49.5 cm³/mol. The molecule has 1 heterocycles. The quantitative estimate of drug-likeness (QED) is 0.684. The molecule has 0 atom stereocenters. The fraction of sp³-hybridized carbons (Fsp3) is 0.700. The molecule has 0 aliphatic heterocycles. The average Bonchev–Trinajstić information content (AvgIpc) is 2.33. The Morgan fingerprint density at radius 2 is 1.93 bits per heavy atom. The Hall–Kier alpha value is -0.930. The van der Waals surface area contributed by atoms with Crippen LogP contribution in [0.3, 0.4) is 0 Å². The van der Waals surface area contributed by atoms with E-state index in [-0.39, 0.29) is 6.42 Å². The summed E-state index contributed by atoms with van der Waals surface area (Å²) < 4.78 is 27.4. The maximum atomic E-state index is 13.7. The second-order valence-corrected chi connectivity index (χ2v) is 4.72. The van der Waals surface area contributed by atoms with Crippen LogP contribution in [0.1, 0.15) is 30.8 Å². The van der Waals surface area contributed by atoms with Gasteiger partial charge in [0.2, 0.25) is 0 Å². The zero-order chi connectivity index (χ0) is 10.6. The molecule has 0 spiro atoms. The van der Waals surface area contributed by atoms with Crippen LogP contribution in [-0.4, -0.2) is 16.1 Å². The van der Waals surface area contributed by atoms with Crippen molar-refractivity contribution < 1.29 is 8.78 Å². The molecule has 0 amide bonds. The highest BCUT2D eigenvalue weighted by Gasteiger charge is 2.51. The molecule has 1 aromatic rings. The molecule has 78 valence electrons. The van der Waals surface area contributed by atoms with Crippen LogP contribution in [0.5, 0.6) is 0 Å². The molecule has 0 saturated carbocycles. The molecule has 0 fully saturated rings. The minimum atomic E-state index is -2.63. The second kappa shape index (κ2) is 2.55. The van der Waals surface area contributed by atoms with Crippen molar-refractivity contribution in [2.75, 3.05) is 0 Å². The highest BCUT2D eigenvalue weighted by atomic mass is 19.3. The van der Waals surface area contributed by atoms with E-state index in [1.54, 1.807) is 20.8 Å². The van der Waals surface area contributed by atoms with Crippen molar-refractivity contribution in [1.29, 1.82) is 0 Å². The molecule has 1 aliphatic rings. The minimum absolute atomic E-state index is 0.183. The van der Waals surface area contributed by atoms with Crippen molar-refractivity contribution in [2.45, 2.75) is 39.5 Å². The lowest BCUT2D eigenvalue weighted by Crippen LogP contribution is -2.43. The number of aryl methyl sites for hydroxylation is 1. The van der Waals surface area contributed by atoms with E-state index in [0.717, 1.165) is 11.4 Å². The van der Waals surface area contributed by atoms with Gasteiger partial charge in [-0.1, -0.05) is 13.8 Å². The van der Waals surface area contributed by atoms with Gasteiger partial charge in [-0.2, -0.15) is 5.10 Å². The van der Waals surface area contributed by atoms with Crippen LogP contribution in [-0.2, 0) is 12.8 Å². The van der Waals surface area contributed by atoms with Crippen LogP contribution >= 0.6 is 0 Å². The van der Waals surface area contributed by atoms with Crippen molar-refractivity contribution in [3.8, 4) is 0 Å². The van der Waals surface area contributed by atoms with E-state index in [2.05, 4.69) is 10.2 Å². The summed E-state index contributed by atoms with van der Waals surface area (Å²) in [6.07, 6.45) is 0.164. The fourth-order valence-corrected chi connectivity index (χ4v) is 1.89. The van der Waals surface area contributed by atoms with Gasteiger partial charge in [0.1, 0.15) is 0 Å². The predicted octanol–water partition coefficient (Wildman–Crippen LogP) is 2.48. The number of alkyl halides is 2. The largest absolute Gasteiger partial charge is 0.282 e. The molecule has 1 aliphatic carbocycles. The zero-order valence-corrected chi connectivity index (χ0v) is 8.62. The van der Waals surface area contributed by atoms with E-state index in [1.165, 1.54) is 0 Å². The Morgan fingerprint density at radius 3 is 2.57 bits per heavy atom. The molecule has 0 bridgehead atoms. The lowest BCUT2D eigenvalue weighted by Gasteiger charge is -2.37. The van der Waals surface area contributed by atoms with Gasteiger partial charge in [0, 0.05) is 29.5 Å². The number of nitrogens with zero attached hydrogens (tertiary/aromatic N) is 1. The van der Waals surface area contributed by atoms with Crippen LogP contribution in [0.4, 0.5) is 8.78 Å². The van der Waals surface area contributed by atoms with E-state index >= 15 is 0 Å². The Kier molecular flexibility index (Phi) is 1.75. The number of hydrogen-bond donors (Lipinski definition) is 1. The smallest absolute Gasteiger partial charge is 0.257 e. The van der Waals surface area contributed by atoms with Gasteiger partial charge in [-0.15, -0.1) is 0 Å². The second-order valence-electron chi connectivity index (χ2n) is 4.72. The third-order valence-corrected chi connectivity index (χ3v) is 3.16. The van der Waals surface area contributed by atoms with Crippen molar-refractivity contribution in [3.05, 3.63) is 17.0 Å². The molecule has 2 nitrogen and oxygen atoms in total. The first-order valence-electron chi connectivity index (χ1n) is 4.74. The van der Waals surface area contributed by atoms with Gasteiger partial charge in [0.05, 0.1) is 5.69 Å². The summed E-state index contributed by atoms with van der Waals surface area (Å²) in [5.74, 6) is -2.63. The molecular formula is C10H14F2N2. The Morgan fingerprint density at radius 1 is 1.29 bits per heavy atom. The van der Waals surface area contributed by atoms with Crippen molar-refractivity contribution in [1.82, 2.24) is 10.2 Å². The summed E-state index contributed by atoms with van der Waals surface area (Å²) in [5.41, 5.74) is 1.30. The third-order valence-electron chi connectivity index (χ3n) is 3.16. The van der Waals surface area contributed by atoms with Gasteiger partial charge in [-0.3, -0.25) is 5.10 Å². The lowest BCUT2D eigenvalue weighted by atomic mass is 9.73. The van der Waals surface area contributed by atoms with Gasteiger partial charge in [0.25, 0.3) is 5.92 Å². The summed E-state index contributed by atoms with van der Waals surface area (Å²) in [7, 11) is 0. The van der Waals surface area contributed by atoms with E-state index in [9.17, 15) is 8.78 Å². The maximum Gasteiger partial charge on any atom is 0.257 e. The van der Waals surface area contributed by atoms with Gasteiger partial charge in [0.15, 0.2) is 0 Å². The number of H-pyrrole nitrogens is 1. The van der Waals surface area contributed by atoms with E-state index in [0.29, 0.717) is 12.0 Å². The molecule has 14 heavy (non-hydrogen) atoms. The third kappa shape index (κ3) is 1.16. The number of aromatic amines is 1. The fourth-order valence-electron chi connectivity index (χ4n) is 1.89. The van der Waals surface area contributed by atoms with Crippen LogP contribution in [0.25, 0.3) is 0 Å². The molecule has 0 unspecified atom stereocenters. The number of nitrogens with one attached hydrogen (secondary N) is 1. The summed E-state index contributed by atoms with van der Waals surface area (Å²) in [4.78, 5) is 0. The number of halogens is 2. The summed E-state index contributed by atoms with van der Waals surface area (Å²) in [5, 5.41) is 6.83. The van der Waals surface area contributed by atoms with Crippen molar-refractivity contribution >= 4 is 0 Å². The summed E-state index contributed by atoms with van der Waals surface area (Å²) >= 11 is 0. The topological polar surface area (TPSA) is 28.7 Å². The average molecular weight is 200 g/mol. The first kappa shape index (κ1) is 9.62. The number of aromatic nitrogens is 2. The van der Waals surface area contributed by atoms with E-state index < -0.39 is 11.3 Å².